The molecular formula is C18H16F3N5O2. The van der Waals surface area contributed by atoms with Gasteiger partial charge in [0.05, 0.1) is 18.7 Å². The van der Waals surface area contributed by atoms with Gasteiger partial charge in [0.25, 0.3) is 5.91 Å². The molecule has 0 radical (unpaired) electrons. The van der Waals surface area contributed by atoms with E-state index in [1.165, 1.54) is 6.07 Å². The summed E-state index contributed by atoms with van der Waals surface area (Å²) in [5, 5.41) is 12.5. The number of hydrogen-bond acceptors (Lipinski definition) is 4. The van der Waals surface area contributed by atoms with E-state index in [4.69, 9.17) is 0 Å². The summed E-state index contributed by atoms with van der Waals surface area (Å²) >= 11 is 0. The van der Waals surface area contributed by atoms with Crippen LogP contribution in [0.5, 0.6) is 0 Å². The molecule has 2 amide bonds. The average Bonchev–Trinajstić information content (AvgIpc) is 3.06. The molecule has 7 nitrogen and oxygen atoms in total. The Morgan fingerprint density at radius 1 is 1.07 bits per heavy atom. The number of hydrogen-bond donors (Lipinski definition) is 2. The predicted molar refractivity (Wildman–Crippen MR) is 93.3 cm³/mol. The van der Waals surface area contributed by atoms with E-state index >= 15 is 0 Å². The van der Waals surface area contributed by atoms with Crippen LogP contribution in [-0.2, 0) is 17.5 Å². The molecule has 0 aliphatic carbocycles. The Kier molecular flexibility index (Phi) is 5.30. The Morgan fingerprint density at radius 3 is 2.54 bits per heavy atom. The van der Waals surface area contributed by atoms with Gasteiger partial charge >= 0.3 is 6.18 Å². The lowest BCUT2D eigenvalue weighted by molar-refractivity contribution is -0.137. The van der Waals surface area contributed by atoms with Crippen LogP contribution in [0.25, 0.3) is 5.65 Å². The standard InChI is InChI=1S/C18H16F3N5O2/c1-11-4-2-3-5-13(11)17(28)23-9-16(27)22-8-15-25-24-14-7-6-12(10-26(14)15)18(19,20)21/h2-7,10H,8-9H2,1H3,(H,22,27)(H,23,28). The SMILES string of the molecule is Cc1ccccc1C(=O)NCC(=O)NCc1nnc2ccc(C(F)(F)F)cn12. The molecule has 0 aliphatic rings. The number of fused-ring (bicyclic) bond motifs is 1. The Labute approximate surface area is 157 Å². The van der Waals surface area contributed by atoms with Gasteiger partial charge in [0.15, 0.2) is 11.5 Å². The van der Waals surface area contributed by atoms with Crippen LogP contribution in [0.1, 0.15) is 27.3 Å². The first-order chi connectivity index (χ1) is 13.3. The highest BCUT2D eigenvalue weighted by molar-refractivity contribution is 5.97. The number of nitrogens with one attached hydrogen (secondary N) is 2. The van der Waals surface area contributed by atoms with Crippen molar-refractivity contribution >= 4 is 17.5 Å². The molecule has 2 N–H and O–H groups in total. The van der Waals surface area contributed by atoms with Crippen molar-refractivity contribution in [3.8, 4) is 0 Å². The van der Waals surface area contributed by atoms with Gasteiger partial charge in [0, 0.05) is 11.8 Å². The summed E-state index contributed by atoms with van der Waals surface area (Å²) in [6, 6.07) is 9.04. The lowest BCUT2D eigenvalue weighted by Gasteiger charge is -2.09. The fourth-order valence-electron chi connectivity index (χ4n) is 2.55. The monoisotopic (exact) mass is 391 g/mol. The summed E-state index contributed by atoms with van der Waals surface area (Å²) < 4.78 is 39.7. The minimum Gasteiger partial charge on any atom is -0.347 e. The summed E-state index contributed by atoms with van der Waals surface area (Å²) in [5.41, 5.74) is 0.609. The van der Waals surface area contributed by atoms with Crippen LogP contribution in [0.2, 0.25) is 0 Å². The minimum atomic E-state index is -4.50. The quantitative estimate of drug-likeness (QED) is 0.697. The zero-order chi connectivity index (χ0) is 20.3. The lowest BCUT2D eigenvalue weighted by atomic mass is 10.1. The van der Waals surface area contributed by atoms with Crippen molar-refractivity contribution < 1.29 is 22.8 Å². The van der Waals surface area contributed by atoms with Gasteiger partial charge in [-0.15, -0.1) is 10.2 Å². The first-order valence-corrected chi connectivity index (χ1v) is 8.27. The molecule has 2 heterocycles. The zero-order valence-electron chi connectivity index (χ0n) is 14.7. The minimum absolute atomic E-state index is 0.137. The molecule has 3 rings (SSSR count). The third-order valence-electron chi connectivity index (χ3n) is 4.04. The Bertz CT molecular complexity index is 1030. The van der Waals surface area contributed by atoms with Crippen LogP contribution in [0.15, 0.2) is 42.6 Å². The number of halogens is 3. The number of alkyl halides is 3. The molecule has 28 heavy (non-hydrogen) atoms. The fourth-order valence-corrected chi connectivity index (χ4v) is 2.55. The van der Waals surface area contributed by atoms with E-state index in [9.17, 15) is 22.8 Å². The summed E-state index contributed by atoms with van der Waals surface area (Å²) in [4.78, 5) is 24.0. The largest absolute Gasteiger partial charge is 0.417 e. The van der Waals surface area contributed by atoms with Crippen molar-refractivity contribution in [3.05, 3.63) is 65.1 Å². The van der Waals surface area contributed by atoms with Crippen LogP contribution in [0.3, 0.4) is 0 Å². The van der Waals surface area contributed by atoms with Crippen molar-refractivity contribution in [2.24, 2.45) is 0 Å². The van der Waals surface area contributed by atoms with Crippen LogP contribution in [0.4, 0.5) is 13.2 Å². The molecule has 0 aliphatic heterocycles. The van der Waals surface area contributed by atoms with Gasteiger partial charge in [0.2, 0.25) is 5.91 Å². The summed E-state index contributed by atoms with van der Waals surface area (Å²) in [6.45, 7) is 1.36. The van der Waals surface area contributed by atoms with E-state index in [2.05, 4.69) is 20.8 Å². The van der Waals surface area contributed by atoms with E-state index in [1.54, 1.807) is 31.2 Å². The third-order valence-corrected chi connectivity index (χ3v) is 4.04. The highest BCUT2D eigenvalue weighted by atomic mass is 19.4. The topological polar surface area (TPSA) is 88.4 Å². The smallest absolute Gasteiger partial charge is 0.347 e. The van der Waals surface area contributed by atoms with Gasteiger partial charge in [0.1, 0.15) is 0 Å². The molecule has 1 aromatic carbocycles. The maximum atomic E-state index is 12.8. The third kappa shape index (κ3) is 4.27. The van der Waals surface area contributed by atoms with Gasteiger partial charge in [-0.25, -0.2) is 0 Å². The Balaban J connectivity index is 1.60. The molecule has 2 aromatic heterocycles. The zero-order valence-corrected chi connectivity index (χ0v) is 14.7. The second-order valence-electron chi connectivity index (χ2n) is 6.03. The molecule has 0 bridgehead atoms. The van der Waals surface area contributed by atoms with Crippen LogP contribution >= 0.6 is 0 Å². The summed E-state index contributed by atoms with van der Waals surface area (Å²) in [7, 11) is 0. The molecule has 0 unspecified atom stereocenters. The molecule has 10 heteroatoms. The highest BCUT2D eigenvalue weighted by Gasteiger charge is 2.31. The number of carbonyl (C=O) groups excluding carboxylic acids is 2. The van der Waals surface area contributed by atoms with E-state index in [-0.39, 0.29) is 24.6 Å². The number of aryl methyl sites for hydroxylation is 1. The number of pyridine rings is 1. The number of rotatable bonds is 5. The van der Waals surface area contributed by atoms with E-state index in [0.29, 0.717) is 5.56 Å². The van der Waals surface area contributed by atoms with Crippen molar-refractivity contribution in [1.29, 1.82) is 0 Å². The summed E-state index contributed by atoms with van der Waals surface area (Å²) in [6.07, 6.45) is -3.63. The first-order valence-electron chi connectivity index (χ1n) is 8.27. The predicted octanol–water partition coefficient (Wildman–Crippen LogP) is 2.10. The van der Waals surface area contributed by atoms with E-state index in [1.807, 2.05) is 0 Å². The average molecular weight is 391 g/mol. The Morgan fingerprint density at radius 2 is 1.82 bits per heavy atom. The number of aromatic nitrogens is 3. The molecule has 146 valence electrons. The van der Waals surface area contributed by atoms with Gasteiger partial charge in [-0.1, -0.05) is 18.2 Å². The second kappa shape index (κ2) is 7.67. The molecule has 0 fully saturated rings. The molecule has 0 spiro atoms. The molecule has 3 aromatic rings. The molecule has 0 atom stereocenters. The Hall–Kier alpha value is -3.43. The highest BCUT2D eigenvalue weighted by Crippen LogP contribution is 2.29. The number of benzene rings is 1. The van der Waals surface area contributed by atoms with Gasteiger partial charge < -0.3 is 10.6 Å². The second-order valence-corrected chi connectivity index (χ2v) is 6.03. The lowest BCUT2D eigenvalue weighted by Crippen LogP contribution is -2.37. The first kappa shape index (κ1) is 19.3. The van der Waals surface area contributed by atoms with Crippen molar-refractivity contribution in [1.82, 2.24) is 25.2 Å². The number of nitrogens with zero attached hydrogens (tertiary/aromatic N) is 3. The van der Waals surface area contributed by atoms with Crippen LogP contribution < -0.4 is 10.6 Å². The normalized spacial score (nSPS) is 11.4. The van der Waals surface area contributed by atoms with E-state index < -0.39 is 23.6 Å². The van der Waals surface area contributed by atoms with Gasteiger partial charge in [-0.3, -0.25) is 14.0 Å². The van der Waals surface area contributed by atoms with Gasteiger partial charge in [-0.2, -0.15) is 13.2 Å². The molecule has 0 saturated heterocycles. The maximum Gasteiger partial charge on any atom is 0.417 e. The van der Waals surface area contributed by atoms with Crippen molar-refractivity contribution in [3.63, 3.8) is 0 Å². The molecular weight excluding hydrogens is 375 g/mol. The van der Waals surface area contributed by atoms with Gasteiger partial charge in [-0.05, 0) is 30.7 Å². The van der Waals surface area contributed by atoms with Crippen LogP contribution in [0, 0.1) is 6.92 Å². The number of amides is 2. The molecule has 0 saturated carbocycles. The van der Waals surface area contributed by atoms with Crippen molar-refractivity contribution in [2.75, 3.05) is 6.54 Å². The van der Waals surface area contributed by atoms with Crippen LogP contribution in [-0.4, -0.2) is 33.0 Å². The van der Waals surface area contributed by atoms with E-state index in [0.717, 1.165) is 22.2 Å². The maximum absolute atomic E-state index is 12.8. The number of carbonyl (C=O) groups is 2. The fraction of sp³-hybridized carbons (Fsp3) is 0.222. The van der Waals surface area contributed by atoms with Crippen molar-refractivity contribution in [2.45, 2.75) is 19.6 Å². The summed E-state index contributed by atoms with van der Waals surface area (Å²) in [5.74, 6) is -0.763.